The van der Waals surface area contributed by atoms with E-state index in [1.54, 1.807) is 13.0 Å². The molecule has 0 aliphatic heterocycles. The van der Waals surface area contributed by atoms with E-state index in [0.29, 0.717) is 0 Å². The third kappa shape index (κ3) is 2.56. The maximum atomic E-state index is 9.48. The van der Waals surface area contributed by atoms with E-state index in [-0.39, 0.29) is 0 Å². The second-order valence-corrected chi connectivity index (χ2v) is 2.90. The molecule has 68 valence electrons. The van der Waals surface area contributed by atoms with Crippen LogP contribution in [-0.2, 0) is 0 Å². The molecule has 1 atom stereocenters. The van der Waals surface area contributed by atoms with E-state index >= 15 is 0 Å². The van der Waals surface area contributed by atoms with Gasteiger partial charge < -0.3 is 5.11 Å². The summed E-state index contributed by atoms with van der Waals surface area (Å²) in [6, 6.07) is 9.81. The van der Waals surface area contributed by atoms with Gasteiger partial charge in [-0.1, -0.05) is 49.1 Å². The third-order valence-corrected chi connectivity index (χ3v) is 1.85. The average molecular weight is 174 g/mol. The zero-order chi connectivity index (χ0) is 9.68. The summed E-state index contributed by atoms with van der Waals surface area (Å²) in [6.07, 6.45) is 3.06. The largest absolute Gasteiger partial charge is 0.389 e. The van der Waals surface area contributed by atoms with Crippen LogP contribution >= 0.6 is 0 Å². The molecule has 13 heavy (non-hydrogen) atoms. The molecular formula is C12H14O. The van der Waals surface area contributed by atoms with Crippen molar-refractivity contribution in [1.82, 2.24) is 0 Å². The molecule has 0 aromatic heterocycles. The van der Waals surface area contributed by atoms with E-state index in [1.807, 2.05) is 36.4 Å². The zero-order valence-electron chi connectivity index (χ0n) is 7.77. The van der Waals surface area contributed by atoms with Crippen molar-refractivity contribution in [3.8, 4) is 0 Å². The first-order chi connectivity index (χ1) is 6.25. The van der Waals surface area contributed by atoms with Crippen molar-refractivity contribution in [2.24, 2.45) is 0 Å². The van der Waals surface area contributed by atoms with Gasteiger partial charge in [0.05, 0.1) is 6.10 Å². The number of rotatable bonds is 3. The molecule has 0 radical (unpaired) electrons. The lowest BCUT2D eigenvalue weighted by molar-refractivity contribution is 0.253. The highest BCUT2D eigenvalue weighted by Crippen LogP contribution is 2.17. The molecule has 0 saturated heterocycles. The second kappa shape index (κ2) is 4.63. The lowest BCUT2D eigenvalue weighted by atomic mass is 10.0. The first kappa shape index (κ1) is 9.75. The molecule has 0 fully saturated rings. The van der Waals surface area contributed by atoms with Gasteiger partial charge in [0.2, 0.25) is 0 Å². The fourth-order valence-corrected chi connectivity index (χ4v) is 1.23. The molecule has 1 nitrogen and oxygen atoms in total. The number of hydrogen-bond acceptors (Lipinski definition) is 1. The Bertz CT molecular complexity index is 296. The maximum absolute atomic E-state index is 9.48. The third-order valence-electron chi connectivity index (χ3n) is 1.85. The summed E-state index contributed by atoms with van der Waals surface area (Å²) in [5.41, 5.74) is 1.94. The highest BCUT2D eigenvalue weighted by molar-refractivity contribution is 5.69. The minimum absolute atomic E-state index is 0.458. The molecule has 1 rings (SSSR count). The Kier molecular flexibility index (Phi) is 3.47. The van der Waals surface area contributed by atoms with Crippen LogP contribution in [0.3, 0.4) is 0 Å². The molecule has 0 spiro atoms. The monoisotopic (exact) mass is 174 g/mol. The predicted octanol–water partition coefficient (Wildman–Crippen LogP) is 2.64. The van der Waals surface area contributed by atoms with E-state index in [9.17, 15) is 5.11 Å². The number of benzene rings is 1. The summed E-state index contributed by atoms with van der Waals surface area (Å²) in [7, 11) is 0. The topological polar surface area (TPSA) is 20.2 Å². The fraction of sp³-hybridized carbons (Fsp3) is 0.167. The number of aliphatic hydroxyl groups is 1. The summed E-state index contributed by atoms with van der Waals surface area (Å²) < 4.78 is 0. The van der Waals surface area contributed by atoms with Gasteiger partial charge in [0.25, 0.3) is 0 Å². The van der Waals surface area contributed by atoms with Gasteiger partial charge in [0.15, 0.2) is 0 Å². The Hall–Kier alpha value is -1.34. The first-order valence-corrected chi connectivity index (χ1v) is 4.32. The molecule has 1 unspecified atom stereocenters. The van der Waals surface area contributed by atoms with E-state index in [2.05, 4.69) is 6.58 Å². The molecule has 0 bridgehead atoms. The van der Waals surface area contributed by atoms with Gasteiger partial charge in [-0.2, -0.15) is 0 Å². The summed E-state index contributed by atoms with van der Waals surface area (Å²) >= 11 is 0. The van der Waals surface area contributed by atoms with Crippen LogP contribution in [0.15, 0.2) is 49.1 Å². The van der Waals surface area contributed by atoms with Crippen LogP contribution in [-0.4, -0.2) is 11.2 Å². The Balaban J connectivity index is 3.03. The molecule has 0 heterocycles. The van der Waals surface area contributed by atoms with E-state index in [1.165, 1.54) is 0 Å². The SMILES string of the molecule is C=C/C=C(/c1ccccc1)C(C)O. The molecule has 1 aromatic carbocycles. The van der Waals surface area contributed by atoms with Crippen LogP contribution < -0.4 is 0 Å². The van der Waals surface area contributed by atoms with E-state index in [0.717, 1.165) is 11.1 Å². The summed E-state index contributed by atoms with van der Waals surface area (Å²) in [4.78, 5) is 0. The van der Waals surface area contributed by atoms with Crippen LogP contribution in [0.25, 0.3) is 5.57 Å². The lowest BCUT2D eigenvalue weighted by Gasteiger charge is -2.09. The van der Waals surface area contributed by atoms with E-state index < -0.39 is 6.10 Å². The fourth-order valence-electron chi connectivity index (χ4n) is 1.23. The van der Waals surface area contributed by atoms with Crippen molar-refractivity contribution in [3.63, 3.8) is 0 Å². The minimum atomic E-state index is -0.458. The van der Waals surface area contributed by atoms with Crippen LogP contribution in [0.1, 0.15) is 12.5 Å². The van der Waals surface area contributed by atoms with Crippen LogP contribution in [0.2, 0.25) is 0 Å². The lowest BCUT2D eigenvalue weighted by Crippen LogP contribution is -2.02. The van der Waals surface area contributed by atoms with Crippen LogP contribution in [0.4, 0.5) is 0 Å². The summed E-state index contributed by atoms with van der Waals surface area (Å²) in [5, 5.41) is 9.48. The molecule has 0 amide bonds. The van der Waals surface area contributed by atoms with Crippen molar-refractivity contribution < 1.29 is 5.11 Å². The van der Waals surface area contributed by atoms with Gasteiger partial charge in [0.1, 0.15) is 0 Å². The highest BCUT2D eigenvalue weighted by atomic mass is 16.3. The number of hydrogen-bond donors (Lipinski definition) is 1. The molecular weight excluding hydrogens is 160 g/mol. The molecule has 0 saturated carbocycles. The minimum Gasteiger partial charge on any atom is -0.389 e. The standard InChI is InChI=1S/C12H14O/c1-3-7-12(10(2)13)11-8-5-4-6-9-11/h3-10,13H,1H2,2H3/b12-7+. The first-order valence-electron chi connectivity index (χ1n) is 4.32. The molecule has 0 aliphatic carbocycles. The Morgan fingerprint density at radius 3 is 2.46 bits per heavy atom. The Morgan fingerprint density at radius 1 is 1.38 bits per heavy atom. The predicted molar refractivity (Wildman–Crippen MR) is 56.3 cm³/mol. The zero-order valence-corrected chi connectivity index (χ0v) is 7.77. The second-order valence-electron chi connectivity index (χ2n) is 2.90. The van der Waals surface area contributed by atoms with Crippen molar-refractivity contribution in [3.05, 3.63) is 54.6 Å². The average Bonchev–Trinajstić information content (AvgIpc) is 2.15. The normalized spacial score (nSPS) is 13.8. The highest BCUT2D eigenvalue weighted by Gasteiger charge is 2.05. The summed E-state index contributed by atoms with van der Waals surface area (Å²) in [5.74, 6) is 0. The van der Waals surface area contributed by atoms with Crippen molar-refractivity contribution in [1.29, 1.82) is 0 Å². The van der Waals surface area contributed by atoms with Crippen LogP contribution in [0, 0.1) is 0 Å². The number of allylic oxidation sites excluding steroid dienone is 2. The van der Waals surface area contributed by atoms with Gasteiger partial charge in [0, 0.05) is 0 Å². The molecule has 1 heteroatoms. The van der Waals surface area contributed by atoms with Crippen molar-refractivity contribution in [2.45, 2.75) is 13.0 Å². The van der Waals surface area contributed by atoms with Crippen molar-refractivity contribution >= 4 is 5.57 Å². The van der Waals surface area contributed by atoms with Gasteiger partial charge in [-0.25, -0.2) is 0 Å². The quantitative estimate of drug-likeness (QED) is 0.698. The smallest absolute Gasteiger partial charge is 0.0767 e. The van der Waals surface area contributed by atoms with Gasteiger partial charge >= 0.3 is 0 Å². The summed E-state index contributed by atoms with van der Waals surface area (Å²) in [6.45, 7) is 5.37. The Morgan fingerprint density at radius 2 is 2.00 bits per heavy atom. The molecule has 0 aliphatic rings. The van der Waals surface area contributed by atoms with E-state index in [4.69, 9.17) is 0 Å². The molecule has 1 N–H and O–H groups in total. The Labute approximate surface area is 79.0 Å². The van der Waals surface area contributed by atoms with Crippen molar-refractivity contribution in [2.75, 3.05) is 0 Å². The van der Waals surface area contributed by atoms with Gasteiger partial charge in [-0.3, -0.25) is 0 Å². The van der Waals surface area contributed by atoms with Gasteiger partial charge in [-0.15, -0.1) is 0 Å². The number of aliphatic hydroxyl groups excluding tert-OH is 1. The molecule has 1 aromatic rings. The van der Waals surface area contributed by atoms with Gasteiger partial charge in [-0.05, 0) is 18.1 Å². The maximum Gasteiger partial charge on any atom is 0.0767 e. The van der Waals surface area contributed by atoms with Crippen LogP contribution in [0.5, 0.6) is 0 Å².